The van der Waals surface area contributed by atoms with E-state index in [-0.39, 0.29) is 30.2 Å². The van der Waals surface area contributed by atoms with Crippen LogP contribution in [-0.2, 0) is 9.47 Å². The van der Waals surface area contributed by atoms with Gasteiger partial charge in [-0.15, -0.1) is 0 Å². The summed E-state index contributed by atoms with van der Waals surface area (Å²) in [5.74, 6) is -0.0568. The van der Waals surface area contributed by atoms with E-state index < -0.39 is 5.97 Å². The summed E-state index contributed by atoms with van der Waals surface area (Å²) in [6.07, 6.45) is 5.59. The SMILES string of the molecule is COC(=O)c1cc2cn(C3CCN(C(=O)OC4CCN(c5ncc(Br)cc5F)CC4)CC3)nc2cc1OC(C)C. The molecular weight excluding hydrogens is 585 g/mol. The second kappa shape index (κ2) is 12.0. The predicted molar refractivity (Wildman–Crippen MR) is 150 cm³/mol. The van der Waals surface area contributed by atoms with Crippen LogP contribution in [0.15, 0.2) is 35.1 Å². The highest BCUT2D eigenvalue weighted by atomic mass is 79.9. The van der Waals surface area contributed by atoms with Gasteiger partial charge >= 0.3 is 12.1 Å². The van der Waals surface area contributed by atoms with E-state index in [9.17, 15) is 14.0 Å². The van der Waals surface area contributed by atoms with Crippen molar-refractivity contribution in [3.8, 4) is 5.75 Å². The second-order valence-corrected chi connectivity index (χ2v) is 11.3. The molecule has 2 fully saturated rings. The van der Waals surface area contributed by atoms with Crippen LogP contribution in [0.5, 0.6) is 5.75 Å². The average Bonchev–Trinajstić information content (AvgIpc) is 3.35. The second-order valence-electron chi connectivity index (χ2n) is 10.4. The van der Waals surface area contributed by atoms with Gasteiger partial charge in [-0.3, -0.25) is 4.68 Å². The number of rotatable bonds is 6. The number of carbonyl (C=O) groups is 2. The molecule has 5 rings (SSSR count). The Morgan fingerprint density at radius 3 is 2.45 bits per heavy atom. The molecule has 0 saturated carbocycles. The van der Waals surface area contributed by atoms with Crippen LogP contribution in [0.25, 0.3) is 10.9 Å². The number of ether oxygens (including phenoxy) is 3. The van der Waals surface area contributed by atoms with Crippen molar-refractivity contribution < 1.29 is 28.2 Å². The lowest BCUT2D eigenvalue weighted by Gasteiger charge is -2.35. The summed E-state index contributed by atoms with van der Waals surface area (Å²) in [6, 6.07) is 5.05. The van der Waals surface area contributed by atoms with Gasteiger partial charge < -0.3 is 24.0 Å². The van der Waals surface area contributed by atoms with Crippen molar-refractivity contribution in [1.29, 1.82) is 0 Å². The molecule has 2 aliphatic heterocycles. The van der Waals surface area contributed by atoms with E-state index in [2.05, 4.69) is 20.9 Å². The van der Waals surface area contributed by atoms with Crippen molar-refractivity contribution >= 4 is 44.7 Å². The first-order valence-corrected chi connectivity index (χ1v) is 14.3. The number of methoxy groups -OCH3 is 1. The zero-order valence-corrected chi connectivity index (χ0v) is 24.4. The summed E-state index contributed by atoms with van der Waals surface area (Å²) in [7, 11) is 1.35. The number of likely N-dealkylation sites (tertiary alicyclic amines) is 1. The highest BCUT2D eigenvalue weighted by molar-refractivity contribution is 9.10. The molecule has 0 atom stereocenters. The van der Waals surface area contributed by atoms with Gasteiger partial charge in [-0.1, -0.05) is 0 Å². The molecule has 2 aliphatic rings. The van der Waals surface area contributed by atoms with E-state index in [1.807, 2.05) is 29.6 Å². The summed E-state index contributed by atoms with van der Waals surface area (Å²) in [5.41, 5.74) is 1.10. The van der Waals surface area contributed by atoms with E-state index >= 15 is 0 Å². The molecular formula is C28H33BrFN5O5. The lowest BCUT2D eigenvalue weighted by atomic mass is 10.1. The molecule has 10 nitrogen and oxygen atoms in total. The summed E-state index contributed by atoms with van der Waals surface area (Å²) in [6.45, 7) is 6.05. The van der Waals surface area contributed by atoms with Gasteiger partial charge in [-0.2, -0.15) is 5.10 Å². The zero-order chi connectivity index (χ0) is 28.4. The fourth-order valence-electron chi connectivity index (χ4n) is 5.24. The highest BCUT2D eigenvalue weighted by Crippen LogP contribution is 2.31. The number of anilines is 1. The Morgan fingerprint density at radius 1 is 1.07 bits per heavy atom. The molecule has 2 saturated heterocycles. The van der Waals surface area contributed by atoms with E-state index in [1.54, 1.807) is 23.2 Å². The number of benzene rings is 1. The maximum atomic E-state index is 14.3. The number of piperidine rings is 2. The maximum absolute atomic E-state index is 14.3. The third-order valence-corrected chi connectivity index (χ3v) is 7.72. The van der Waals surface area contributed by atoms with Crippen LogP contribution in [0.1, 0.15) is 55.9 Å². The minimum absolute atomic E-state index is 0.105. The minimum atomic E-state index is -0.458. The summed E-state index contributed by atoms with van der Waals surface area (Å²) in [4.78, 5) is 33.0. The molecule has 1 aromatic carbocycles. The number of carbonyl (C=O) groups excluding carboxylic acids is 2. The number of pyridine rings is 1. The smallest absolute Gasteiger partial charge is 0.410 e. The largest absolute Gasteiger partial charge is 0.490 e. The van der Waals surface area contributed by atoms with Gasteiger partial charge in [0.1, 0.15) is 17.4 Å². The molecule has 0 N–H and O–H groups in total. The number of amides is 1. The highest BCUT2D eigenvalue weighted by Gasteiger charge is 2.30. The number of esters is 1. The topological polar surface area (TPSA) is 99.0 Å². The van der Waals surface area contributed by atoms with Crippen LogP contribution in [0.2, 0.25) is 0 Å². The summed E-state index contributed by atoms with van der Waals surface area (Å²) < 4.78 is 33.4. The Balaban J connectivity index is 1.16. The molecule has 0 radical (unpaired) electrons. The lowest BCUT2D eigenvalue weighted by Crippen LogP contribution is -2.43. The molecule has 1 amide bonds. The molecule has 4 heterocycles. The molecule has 0 spiro atoms. The Morgan fingerprint density at radius 2 is 1.80 bits per heavy atom. The Labute approximate surface area is 240 Å². The molecule has 0 aliphatic carbocycles. The summed E-state index contributed by atoms with van der Waals surface area (Å²) in [5, 5.41) is 5.57. The molecule has 40 heavy (non-hydrogen) atoms. The van der Waals surface area contributed by atoms with Crippen LogP contribution >= 0.6 is 15.9 Å². The monoisotopic (exact) mass is 617 g/mol. The molecule has 214 valence electrons. The zero-order valence-electron chi connectivity index (χ0n) is 22.8. The first-order chi connectivity index (χ1) is 19.2. The number of halogens is 2. The van der Waals surface area contributed by atoms with Gasteiger partial charge in [0.25, 0.3) is 0 Å². The van der Waals surface area contributed by atoms with Gasteiger partial charge in [0, 0.05) is 67.3 Å². The third kappa shape index (κ3) is 6.16. The van der Waals surface area contributed by atoms with Crippen molar-refractivity contribution in [3.63, 3.8) is 0 Å². The van der Waals surface area contributed by atoms with E-state index in [4.69, 9.17) is 19.3 Å². The molecule has 0 bridgehead atoms. The van der Waals surface area contributed by atoms with Crippen molar-refractivity contribution in [2.45, 2.75) is 57.8 Å². The fraction of sp³-hybridized carbons (Fsp3) is 0.500. The maximum Gasteiger partial charge on any atom is 0.410 e. The van der Waals surface area contributed by atoms with Crippen molar-refractivity contribution in [3.05, 3.63) is 46.4 Å². The molecule has 12 heteroatoms. The quantitative estimate of drug-likeness (QED) is 0.341. The van der Waals surface area contributed by atoms with Gasteiger partial charge in [0.15, 0.2) is 11.6 Å². The van der Waals surface area contributed by atoms with Crippen molar-refractivity contribution in [2.75, 3.05) is 38.2 Å². The van der Waals surface area contributed by atoms with Crippen molar-refractivity contribution in [1.82, 2.24) is 19.7 Å². The van der Waals surface area contributed by atoms with Crippen molar-refractivity contribution in [2.24, 2.45) is 0 Å². The lowest BCUT2D eigenvalue weighted by molar-refractivity contribution is 0.0432. The van der Waals surface area contributed by atoms with Crippen LogP contribution in [0.4, 0.5) is 15.0 Å². The normalized spacial score (nSPS) is 16.9. The standard InChI is InChI=1S/C28H33BrFN5O5/c1-17(2)39-25-14-24-18(12-22(25)27(36)38-3)16-35(32-24)20-4-8-34(9-5-20)28(37)40-21-6-10-33(11-7-21)26-23(30)13-19(29)15-31-26/h12-17,20-21H,4-11H2,1-3H3. The Bertz CT molecular complexity index is 1380. The van der Waals surface area contributed by atoms with Gasteiger partial charge in [-0.05, 0) is 54.8 Å². The van der Waals surface area contributed by atoms with Crippen LogP contribution in [0, 0.1) is 5.82 Å². The summed E-state index contributed by atoms with van der Waals surface area (Å²) >= 11 is 3.23. The van der Waals surface area contributed by atoms with E-state index in [0.29, 0.717) is 60.6 Å². The van der Waals surface area contributed by atoms with E-state index in [0.717, 1.165) is 23.7 Å². The van der Waals surface area contributed by atoms with Gasteiger partial charge in [0.2, 0.25) is 0 Å². The first kappa shape index (κ1) is 28.1. The molecule has 2 aromatic heterocycles. The predicted octanol–water partition coefficient (Wildman–Crippen LogP) is 5.35. The number of aromatic nitrogens is 3. The third-order valence-electron chi connectivity index (χ3n) is 7.29. The fourth-order valence-corrected chi connectivity index (χ4v) is 5.54. The number of hydrogen-bond donors (Lipinski definition) is 0. The number of fused-ring (bicyclic) bond motifs is 1. The van der Waals surface area contributed by atoms with E-state index in [1.165, 1.54) is 13.2 Å². The first-order valence-electron chi connectivity index (χ1n) is 13.5. The minimum Gasteiger partial charge on any atom is -0.490 e. The number of nitrogens with zero attached hydrogens (tertiary/aromatic N) is 5. The Hall–Kier alpha value is -3.41. The van der Waals surface area contributed by atoms with Gasteiger partial charge in [0.05, 0.1) is 24.8 Å². The number of hydrogen-bond acceptors (Lipinski definition) is 8. The van der Waals surface area contributed by atoms with Crippen LogP contribution in [0.3, 0.4) is 0 Å². The van der Waals surface area contributed by atoms with Gasteiger partial charge in [-0.25, -0.2) is 19.0 Å². The van der Waals surface area contributed by atoms with Crippen LogP contribution in [-0.4, -0.2) is 77.2 Å². The average molecular weight is 619 g/mol. The molecule has 0 unspecified atom stereocenters. The van der Waals surface area contributed by atoms with Crippen LogP contribution < -0.4 is 9.64 Å². The molecule has 3 aromatic rings. The Kier molecular flexibility index (Phi) is 8.43.